The first-order valence-electron chi connectivity index (χ1n) is 7.04. The molecule has 0 aliphatic heterocycles. The van der Waals surface area contributed by atoms with E-state index in [-0.39, 0.29) is 6.04 Å². The Morgan fingerprint density at radius 2 is 2.19 bits per heavy atom. The van der Waals surface area contributed by atoms with Crippen molar-refractivity contribution < 1.29 is 0 Å². The van der Waals surface area contributed by atoms with Crippen molar-refractivity contribution in [1.82, 2.24) is 14.5 Å². The molecule has 0 bridgehead atoms. The molecule has 3 nitrogen and oxygen atoms in total. The summed E-state index contributed by atoms with van der Waals surface area (Å²) >= 11 is 7.91. The van der Waals surface area contributed by atoms with Crippen molar-refractivity contribution in [3.63, 3.8) is 0 Å². The molecule has 0 spiro atoms. The number of halogens is 1. The SMILES string of the molecule is Cc1cnc2c(c1)nc(CCl)n2C(c1cccs1)C(C)C. The summed E-state index contributed by atoms with van der Waals surface area (Å²) in [4.78, 5) is 10.6. The van der Waals surface area contributed by atoms with Gasteiger partial charge in [-0.25, -0.2) is 9.97 Å². The third-order valence-corrected chi connectivity index (χ3v) is 4.79. The number of hydrogen-bond acceptors (Lipinski definition) is 3. The normalized spacial score (nSPS) is 13.2. The average molecular weight is 320 g/mol. The van der Waals surface area contributed by atoms with Crippen LogP contribution in [0.1, 0.15) is 36.2 Å². The van der Waals surface area contributed by atoms with E-state index < -0.39 is 0 Å². The summed E-state index contributed by atoms with van der Waals surface area (Å²) in [6.07, 6.45) is 1.89. The Balaban J connectivity index is 2.26. The molecule has 0 aliphatic rings. The predicted octanol–water partition coefficient (Wildman–Crippen LogP) is 4.79. The Hall–Kier alpha value is -1.39. The largest absolute Gasteiger partial charge is 0.303 e. The maximum Gasteiger partial charge on any atom is 0.160 e. The number of thiophene rings is 1. The van der Waals surface area contributed by atoms with Crippen LogP contribution in [0.5, 0.6) is 0 Å². The third kappa shape index (κ3) is 2.58. The fourth-order valence-corrected chi connectivity index (χ4v) is 3.91. The molecule has 3 aromatic heterocycles. The highest BCUT2D eigenvalue weighted by molar-refractivity contribution is 7.10. The van der Waals surface area contributed by atoms with Crippen molar-refractivity contribution in [3.8, 4) is 0 Å². The number of aromatic nitrogens is 3. The number of pyridine rings is 1. The van der Waals surface area contributed by atoms with Gasteiger partial charge in [0.15, 0.2) is 5.65 Å². The Bertz CT molecular complexity index is 746. The van der Waals surface area contributed by atoms with Gasteiger partial charge in [-0.05, 0) is 35.9 Å². The first-order valence-corrected chi connectivity index (χ1v) is 8.46. The van der Waals surface area contributed by atoms with Crippen molar-refractivity contribution in [3.05, 3.63) is 46.0 Å². The Morgan fingerprint density at radius 3 is 2.81 bits per heavy atom. The summed E-state index contributed by atoms with van der Waals surface area (Å²) in [5.41, 5.74) is 2.96. The highest BCUT2D eigenvalue weighted by Crippen LogP contribution is 2.34. The molecule has 3 aromatic rings. The quantitative estimate of drug-likeness (QED) is 0.648. The van der Waals surface area contributed by atoms with Gasteiger partial charge in [0.25, 0.3) is 0 Å². The number of rotatable bonds is 4. The van der Waals surface area contributed by atoms with Gasteiger partial charge in [0.05, 0.1) is 11.9 Å². The minimum absolute atomic E-state index is 0.221. The lowest BCUT2D eigenvalue weighted by molar-refractivity contribution is 0.442. The van der Waals surface area contributed by atoms with Gasteiger partial charge < -0.3 is 4.57 Å². The zero-order valence-corrected chi connectivity index (χ0v) is 13.9. The molecule has 5 heteroatoms. The van der Waals surface area contributed by atoms with Crippen LogP contribution in [-0.2, 0) is 5.88 Å². The van der Waals surface area contributed by atoms with Crippen LogP contribution in [0.15, 0.2) is 29.8 Å². The molecule has 0 amide bonds. The Kier molecular flexibility index (Phi) is 4.00. The molecule has 0 fully saturated rings. The fourth-order valence-electron chi connectivity index (χ4n) is 2.73. The highest BCUT2D eigenvalue weighted by atomic mass is 35.5. The van der Waals surface area contributed by atoms with E-state index in [0.29, 0.717) is 11.8 Å². The average Bonchev–Trinajstić information content (AvgIpc) is 3.07. The molecule has 110 valence electrons. The Morgan fingerprint density at radius 1 is 1.38 bits per heavy atom. The van der Waals surface area contributed by atoms with Crippen molar-refractivity contribution in [2.24, 2.45) is 5.92 Å². The van der Waals surface area contributed by atoms with Crippen LogP contribution in [0.25, 0.3) is 11.2 Å². The van der Waals surface area contributed by atoms with E-state index in [1.54, 1.807) is 11.3 Å². The molecule has 0 saturated carbocycles. The fraction of sp³-hybridized carbons (Fsp3) is 0.375. The summed E-state index contributed by atoms with van der Waals surface area (Å²) in [5, 5.41) is 2.11. The molecule has 0 saturated heterocycles. The van der Waals surface area contributed by atoms with Crippen LogP contribution < -0.4 is 0 Å². The molecule has 1 unspecified atom stereocenters. The Labute approximate surface area is 133 Å². The lowest BCUT2D eigenvalue weighted by Gasteiger charge is -2.23. The lowest BCUT2D eigenvalue weighted by Crippen LogP contribution is -2.18. The van der Waals surface area contributed by atoms with Crippen molar-refractivity contribution in [2.75, 3.05) is 0 Å². The summed E-state index contributed by atoms with van der Waals surface area (Å²) in [6, 6.07) is 6.56. The third-order valence-electron chi connectivity index (χ3n) is 3.60. The molecule has 3 heterocycles. The van der Waals surface area contributed by atoms with E-state index in [9.17, 15) is 0 Å². The number of hydrogen-bond donors (Lipinski definition) is 0. The lowest BCUT2D eigenvalue weighted by atomic mass is 10.0. The van der Waals surface area contributed by atoms with Crippen molar-refractivity contribution in [1.29, 1.82) is 0 Å². The van der Waals surface area contributed by atoms with E-state index in [1.165, 1.54) is 4.88 Å². The smallest absolute Gasteiger partial charge is 0.160 e. The predicted molar refractivity (Wildman–Crippen MR) is 89.1 cm³/mol. The van der Waals surface area contributed by atoms with Gasteiger partial charge >= 0.3 is 0 Å². The van der Waals surface area contributed by atoms with Crippen LogP contribution in [0, 0.1) is 12.8 Å². The number of aryl methyl sites for hydroxylation is 1. The maximum atomic E-state index is 6.15. The van der Waals surface area contributed by atoms with E-state index in [0.717, 1.165) is 22.6 Å². The van der Waals surface area contributed by atoms with Gasteiger partial charge in [0.2, 0.25) is 0 Å². The second kappa shape index (κ2) is 5.78. The van der Waals surface area contributed by atoms with Gasteiger partial charge in [0.1, 0.15) is 11.3 Å². The van der Waals surface area contributed by atoms with Crippen LogP contribution in [0.4, 0.5) is 0 Å². The molecule has 0 radical (unpaired) electrons. The molecular weight excluding hydrogens is 302 g/mol. The molecule has 0 aromatic carbocycles. The number of alkyl halides is 1. The van der Waals surface area contributed by atoms with Crippen molar-refractivity contribution in [2.45, 2.75) is 32.7 Å². The highest BCUT2D eigenvalue weighted by Gasteiger charge is 2.24. The minimum Gasteiger partial charge on any atom is -0.303 e. The van der Waals surface area contributed by atoms with Crippen LogP contribution in [0.3, 0.4) is 0 Å². The van der Waals surface area contributed by atoms with Crippen LogP contribution in [-0.4, -0.2) is 14.5 Å². The molecule has 21 heavy (non-hydrogen) atoms. The first-order chi connectivity index (χ1) is 10.1. The van der Waals surface area contributed by atoms with E-state index >= 15 is 0 Å². The summed E-state index contributed by atoms with van der Waals surface area (Å²) in [7, 11) is 0. The molecule has 0 aliphatic carbocycles. The van der Waals surface area contributed by atoms with Crippen LogP contribution >= 0.6 is 22.9 Å². The number of fused-ring (bicyclic) bond motifs is 1. The van der Waals surface area contributed by atoms with E-state index in [1.807, 2.05) is 13.1 Å². The van der Waals surface area contributed by atoms with E-state index in [4.69, 9.17) is 11.6 Å². The zero-order valence-electron chi connectivity index (χ0n) is 12.4. The topological polar surface area (TPSA) is 30.7 Å². The molecule has 1 atom stereocenters. The standard InChI is InChI=1S/C16H18ClN3S/c1-10(2)15(13-5-4-6-21-13)20-14(8-17)19-12-7-11(3)9-18-16(12)20/h4-7,9-10,15H,8H2,1-3H3. The van der Waals surface area contributed by atoms with E-state index in [2.05, 4.69) is 52.0 Å². The molecule has 3 rings (SSSR count). The monoisotopic (exact) mass is 319 g/mol. The molecular formula is C16H18ClN3S. The van der Waals surface area contributed by atoms with Gasteiger partial charge in [-0.1, -0.05) is 19.9 Å². The first kappa shape index (κ1) is 14.5. The van der Waals surface area contributed by atoms with Gasteiger partial charge in [-0.2, -0.15) is 0 Å². The maximum absolute atomic E-state index is 6.15. The second-order valence-corrected chi connectivity index (χ2v) is 6.84. The van der Waals surface area contributed by atoms with Crippen LogP contribution in [0.2, 0.25) is 0 Å². The van der Waals surface area contributed by atoms with Gasteiger partial charge in [0, 0.05) is 11.1 Å². The number of imidazole rings is 1. The van der Waals surface area contributed by atoms with Crippen molar-refractivity contribution >= 4 is 34.1 Å². The summed E-state index contributed by atoms with van der Waals surface area (Å²) < 4.78 is 2.21. The zero-order chi connectivity index (χ0) is 15.0. The molecule has 0 N–H and O–H groups in total. The van der Waals surface area contributed by atoms with Gasteiger partial charge in [-0.3, -0.25) is 0 Å². The minimum atomic E-state index is 0.221. The van der Waals surface area contributed by atoms with Gasteiger partial charge in [-0.15, -0.1) is 22.9 Å². The summed E-state index contributed by atoms with van der Waals surface area (Å²) in [6.45, 7) is 6.48. The summed E-state index contributed by atoms with van der Waals surface area (Å²) in [5.74, 6) is 1.72. The number of nitrogens with zero attached hydrogens (tertiary/aromatic N) is 3. The second-order valence-electron chi connectivity index (χ2n) is 5.59.